The van der Waals surface area contributed by atoms with Gasteiger partial charge in [0, 0.05) is 25.3 Å². The van der Waals surface area contributed by atoms with E-state index in [-0.39, 0.29) is 12.2 Å². The molecule has 2 N–H and O–H groups in total. The molecule has 0 atom stereocenters. The predicted molar refractivity (Wildman–Crippen MR) is 73.1 cm³/mol. The molecule has 106 valence electrons. The zero-order chi connectivity index (χ0) is 14.3. The molecule has 5 nitrogen and oxygen atoms in total. The van der Waals surface area contributed by atoms with Crippen LogP contribution in [0, 0.1) is 0 Å². The van der Waals surface area contributed by atoms with Gasteiger partial charge in [-0.15, -0.1) is 0 Å². The summed E-state index contributed by atoms with van der Waals surface area (Å²) in [4.78, 5) is 17.1. The van der Waals surface area contributed by atoms with E-state index >= 15 is 0 Å². The lowest BCUT2D eigenvalue weighted by Gasteiger charge is -2.29. The molecule has 5 heteroatoms. The van der Waals surface area contributed by atoms with Crippen LogP contribution in [0.5, 0.6) is 0 Å². The Morgan fingerprint density at radius 1 is 1.37 bits per heavy atom. The van der Waals surface area contributed by atoms with Crippen LogP contribution in [0.4, 0.5) is 0 Å². The molecule has 1 heterocycles. The second-order valence-corrected chi connectivity index (χ2v) is 4.51. The number of hydrogen-bond acceptors (Lipinski definition) is 4. The molecule has 0 saturated carbocycles. The number of aliphatic hydroxyl groups excluding tert-OH is 1. The number of nitrogens with zero attached hydrogens (tertiary/aromatic N) is 2. The molecule has 0 saturated heterocycles. The van der Waals surface area contributed by atoms with E-state index in [1.807, 2.05) is 0 Å². The molecular formula is C14H22N2O3. The smallest absolute Gasteiger partial charge is 0.337 e. The number of aromatic carboxylic acids is 1. The Kier molecular flexibility index (Phi) is 6.45. The molecule has 1 rings (SSSR count). The first-order chi connectivity index (χ1) is 9.12. The molecule has 0 aromatic carbocycles. The molecule has 19 heavy (non-hydrogen) atoms. The average molecular weight is 266 g/mol. The van der Waals surface area contributed by atoms with Crippen LogP contribution in [0.3, 0.4) is 0 Å². The van der Waals surface area contributed by atoms with Gasteiger partial charge in [0.25, 0.3) is 0 Å². The first-order valence-corrected chi connectivity index (χ1v) is 6.65. The summed E-state index contributed by atoms with van der Waals surface area (Å²) in [5.41, 5.74) is 1.02. The van der Waals surface area contributed by atoms with Gasteiger partial charge in [-0.25, -0.2) is 4.79 Å². The topological polar surface area (TPSA) is 73.7 Å². The third-order valence-electron chi connectivity index (χ3n) is 3.28. The maximum atomic E-state index is 10.8. The third kappa shape index (κ3) is 4.61. The molecule has 0 radical (unpaired) electrons. The van der Waals surface area contributed by atoms with Crippen molar-refractivity contribution >= 4 is 5.97 Å². The molecule has 0 fully saturated rings. The fourth-order valence-electron chi connectivity index (χ4n) is 2.18. The predicted octanol–water partition coefficient (Wildman–Crippen LogP) is 1.76. The van der Waals surface area contributed by atoms with Gasteiger partial charge in [-0.1, -0.05) is 13.8 Å². The zero-order valence-electron chi connectivity index (χ0n) is 11.5. The normalized spacial score (nSPS) is 11.2. The van der Waals surface area contributed by atoms with Crippen molar-refractivity contribution in [2.45, 2.75) is 39.3 Å². The van der Waals surface area contributed by atoms with Crippen LogP contribution in [0.1, 0.15) is 42.7 Å². The fourth-order valence-corrected chi connectivity index (χ4v) is 2.18. The van der Waals surface area contributed by atoms with Crippen molar-refractivity contribution in [3.8, 4) is 0 Å². The second kappa shape index (κ2) is 7.86. The van der Waals surface area contributed by atoms with Crippen LogP contribution < -0.4 is 0 Å². The second-order valence-electron chi connectivity index (χ2n) is 4.51. The van der Waals surface area contributed by atoms with Crippen molar-refractivity contribution < 1.29 is 15.0 Å². The molecule has 0 aliphatic carbocycles. The van der Waals surface area contributed by atoms with Crippen molar-refractivity contribution in [3.05, 3.63) is 29.6 Å². The average Bonchev–Trinajstić information content (AvgIpc) is 2.41. The number of hydrogen-bond donors (Lipinski definition) is 2. The van der Waals surface area contributed by atoms with E-state index in [0.717, 1.165) is 18.5 Å². The summed E-state index contributed by atoms with van der Waals surface area (Å²) in [6.07, 6.45) is 3.41. The van der Waals surface area contributed by atoms with Crippen LogP contribution >= 0.6 is 0 Å². The van der Waals surface area contributed by atoms with E-state index in [9.17, 15) is 4.79 Å². The van der Waals surface area contributed by atoms with E-state index in [2.05, 4.69) is 23.7 Å². The summed E-state index contributed by atoms with van der Waals surface area (Å²) in [6, 6.07) is 3.71. The zero-order valence-corrected chi connectivity index (χ0v) is 11.5. The van der Waals surface area contributed by atoms with E-state index < -0.39 is 5.97 Å². The minimum Gasteiger partial charge on any atom is -0.478 e. The summed E-state index contributed by atoms with van der Waals surface area (Å²) >= 11 is 0. The molecule has 0 amide bonds. The first-order valence-electron chi connectivity index (χ1n) is 6.65. The van der Waals surface area contributed by atoms with E-state index in [0.29, 0.717) is 19.1 Å². The number of carboxylic acid groups (broad SMARTS) is 1. The van der Waals surface area contributed by atoms with Gasteiger partial charge in [0.15, 0.2) is 0 Å². The van der Waals surface area contributed by atoms with Crippen LogP contribution in [-0.4, -0.2) is 45.3 Å². The molecule has 0 aliphatic rings. The van der Waals surface area contributed by atoms with Crippen molar-refractivity contribution in [2.75, 3.05) is 13.2 Å². The molecule has 0 spiro atoms. The van der Waals surface area contributed by atoms with Gasteiger partial charge in [0.1, 0.15) is 0 Å². The van der Waals surface area contributed by atoms with E-state index in [1.54, 1.807) is 12.1 Å². The Bertz CT molecular complexity index is 388. The number of rotatable bonds is 8. The van der Waals surface area contributed by atoms with Crippen molar-refractivity contribution in [1.82, 2.24) is 9.88 Å². The highest BCUT2D eigenvalue weighted by molar-refractivity contribution is 5.87. The number of carboxylic acids is 1. The van der Waals surface area contributed by atoms with E-state index in [1.165, 1.54) is 6.20 Å². The van der Waals surface area contributed by atoms with E-state index in [4.69, 9.17) is 10.2 Å². The quantitative estimate of drug-likeness (QED) is 0.750. The number of pyridine rings is 1. The highest BCUT2D eigenvalue weighted by atomic mass is 16.4. The van der Waals surface area contributed by atoms with Gasteiger partial charge in [-0.2, -0.15) is 0 Å². The van der Waals surface area contributed by atoms with Gasteiger partial charge >= 0.3 is 5.97 Å². The van der Waals surface area contributed by atoms with Crippen LogP contribution in [0.2, 0.25) is 0 Å². The van der Waals surface area contributed by atoms with Crippen molar-refractivity contribution in [3.63, 3.8) is 0 Å². The Labute approximate surface area is 113 Å². The number of carbonyl (C=O) groups is 1. The lowest BCUT2D eigenvalue weighted by Crippen LogP contribution is -2.36. The lowest BCUT2D eigenvalue weighted by atomic mass is 10.1. The minimum absolute atomic E-state index is 0.115. The van der Waals surface area contributed by atoms with Crippen LogP contribution in [-0.2, 0) is 6.54 Å². The van der Waals surface area contributed by atoms with Gasteiger partial charge in [-0.05, 0) is 25.0 Å². The molecular weight excluding hydrogens is 244 g/mol. The summed E-state index contributed by atoms with van der Waals surface area (Å²) in [5, 5.41) is 18.0. The first kappa shape index (κ1) is 15.6. The molecule has 0 aliphatic heterocycles. The summed E-state index contributed by atoms with van der Waals surface area (Å²) < 4.78 is 0. The summed E-state index contributed by atoms with van der Waals surface area (Å²) in [7, 11) is 0. The number of aliphatic hydroxyl groups is 1. The molecule has 0 unspecified atom stereocenters. The van der Waals surface area contributed by atoms with Gasteiger partial charge in [0.2, 0.25) is 0 Å². The van der Waals surface area contributed by atoms with Crippen molar-refractivity contribution in [2.24, 2.45) is 0 Å². The highest BCUT2D eigenvalue weighted by Crippen LogP contribution is 2.12. The summed E-state index contributed by atoms with van der Waals surface area (Å²) in [5.74, 6) is -0.966. The standard InChI is InChI=1S/C14H22N2O3/c1-3-13(4-2)16(7-8-17)10-12-6-5-11(9-15-12)14(18)19/h5-6,9,13,17H,3-4,7-8,10H2,1-2H3,(H,18,19). The molecule has 0 bridgehead atoms. The maximum Gasteiger partial charge on any atom is 0.337 e. The largest absolute Gasteiger partial charge is 0.478 e. The monoisotopic (exact) mass is 266 g/mol. The Hall–Kier alpha value is -1.46. The van der Waals surface area contributed by atoms with Crippen LogP contribution in [0.25, 0.3) is 0 Å². The number of aromatic nitrogens is 1. The molecule has 1 aromatic rings. The lowest BCUT2D eigenvalue weighted by molar-refractivity contribution is 0.0696. The Morgan fingerprint density at radius 2 is 2.05 bits per heavy atom. The Balaban J connectivity index is 2.75. The highest BCUT2D eigenvalue weighted by Gasteiger charge is 2.15. The fraction of sp³-hybridized carbons (Fsp3) is 0.571. The Morgan fingerprint density at radius 3 is 2.47 bits per heavy atom. The SMILES string of the molecule is CCC(CC)N(CCO)Cc1ccc(C(=O)O)cn1. The van der Waals surface area contributed by atoms with Gasteiger partial charge in [-0.3, -0.25) is 9.88 Å². The van der Waals surface area contributed by atoms with Gasteiger partial charge in [0.05, 0.1) is 17.9 Å². The minimum atomic E-state index is -0.966. The van der Waals surface area contributed by atoms with Crippen LogP contribution in [0.15, 0.2) is 18.3 Å². The molecule has 1 aromatic heterocycles. The van der Waals surface area contributed by atoms with Crippen molar-refractivity contribution in [1.29, 1.82) is 0 Å². The maximum absolute atomic E-state index is 10.8. The van der Waals surface area contributed by atoms with Gasteiger partial charge < -0.3 is 10.2 Å². The third-order valence-corrected chi connectivity index (χ3v) is 3.28. The summed E-state index contributed by atoms with van der Waals surface area (Å²) in [6.45, 7) is 5.60.